The second-order valence-electron chi connectivity index (χ2n) is 2.80. The lowest BCUT2D eigenvalue weighted by atomic mass is 10.2. The highest BCUT2D eigenvalue weighted by Gasteiger charge is 2.06. The first kappa shape index (κ1) is 10.1. The quantitative estimate of drug-likeness (QED) is 0.753. The number of ether oxygens (including phenoxy) is 1. The number of fused-ring (bicyclic) bond motifs is 1. The molecule has 0 radical (unpaired) electrons. The van der Waals surface area contributed by atoms with Crippen molar-refractivity contribution < 1.29 is 4.74 Å². The lowest BCUT2D eigenvalue weighted by Crippen LogP contribution is -1.90. The average Bonchev–Trinajstić information content (AvgIpc) is 2.47. The summed E-state index contributed by atoms with van der Waals surface area (Å²) in [6.45, 7) is 2.58. The Morgan fingerprint density at radius 1 is 1.29 bits per heavy atom. The first-order valence-electron chi connectivity index (χ1n) is 4.22. The molecule has 0 spiro atoms. The van der Waals surface area contributed by atoms with Crippen molar-refractivity contribution >= 4 is 44.6 Å². The van der Waals surface area contributed by atoms with Crippen molar-refractivity contribution in [2.45, 2.75) is 6.92 Å². The van der Waals surface area contributed by atoms with E-state index in [1.165, 1.54) is 11.3 Å². The summed E-state index contributed by atoms with van der Waals surface area (Å²) in [6.07, 6.45) is 0. The number of hydrogen-bond donors (Lipinski definition) is 0. The number of thiophene rings is 1. The molecule has 0 unspecified atom stereocenters. The van der Waals surface area contributed by atoms with Crippen LogP contribution in [0.2, 0.25) is 9.36 Å². The van der Waals surface area contributed by atoms with Crippen LogP contribution in [0.15, 0.2) is 18.2 Å². The van der Waals surface area contributed by atoms with Gasteiger partial charge in [0.2, 0.25) is 0 Å². The van der Waals surface area contributed by atoms with Crippen molar-refractivity contribution in [2.75, 3.05) is 6.61 Å². The molecule has 0 N–H and O–H groups in total. The van der Waals surface area contributed by atoms with Crippen LogP contribution in [-0.2, 0) is 0 Å². The van der Waals surface area contributed by atoms with E-state index in [1.54, 1.807) is 0 Å². The van der Waals surface area contributed by atoms with Gasteiger partial charge in [0.15, 0.2) is 0 Å². The standard InChI is InChI=1S/C10H8Cl2OS/c1-2-13-6-3-8(11)7-5-10(12)14-9(7)4-6/h3-5H,2H2,1H3. The minimum Gasteiger partial charge on any atom is -0.494 e. The SMILES string of the molecule is CCOc1cc(Cl)c2cc(Cl)sc2c1. The number of hydrogen-bond acceptors (Lipinski definition) is 2. The normalized spacial score (nSPS) is 10.8. The smallest absolute Gasteiger partial charge is 0.122 e. The average molecular weight is 247 g/mol. The molecule has 0 bridgehead atoms. The molecule has 0 aliphatic rings. The van der Waals surface area contributed by atoms with E-state index in [1.807, 2.05) is 25.1 Å². The summed E-state index contributed by atoms with van der Waals surface area (Å²) in [4.78, 5) is 0. The van der Waals surface area contributed by atoms with Gasteiger partial charge in [-0.15, -0.1) is 11.3 Å². The lowest BCUT2D eigenvalue weighted by Gasteiger charge is -2.03. The lowest BCUT2D eigenvalue weighted by molar-refractivity contribution is 0.341. The summed E-state index contributed by atoms with van der Waals surface area (Å²) < 4.78 is 7.19. The van der Waals surface area contributed by atoms with E-state index in [-0.39, 0.29) is 0 Å². The minimum absolute atomic E-state index is 0.640. The molecule has 1 nitrogen and oxygen atoms in total. The first-order valence-corrected chi connectivity index (χ1v) is 5.79. The van der Waals surface area contributed by atoms with Gasteiger partial charge in [0.1, 0.15) is 5.75 Å². The van der Waals surface area contributed by atoms with E-state index in [2.05, 4.69) is 0 Å². The van der Waals surface area contributed by atoms with Crippen LogP contribution in [0.25, 0.3) is 10.1 Å². The van der Waals surface area contributed by atoms with Gasteiger partial charge < -0.3 is 4.74 Å². The molecule has 0 aliphatic carbocycles. The van der Waals surface area contributed by atoms with Crippen LogP contribution in [0.3, 0.4) is 0 Å². The predicted molar refractivity (Wildman–Crippen MR) is 63.0 cm³/mol. The van der Waals surface area contributed by atoms with Crippen LogP contribution in [0.5, 0.6) is 5.75 Å². The molecule has 1 aromatic heterocycles. The highest BCUT2D eigenvalue weighted by molar-refractivity contribution is 7.22. The summed E-state index contributed by atoms with van der Waals surface area (Å²) in [5.74, 6) is 0.795. The highest BCUT2D eigenvalue weighted by atomic mass is 35.5. The molecule has 2 aromatic rings. The number of halogens is 2. The molecule has 2 rings (SSSR count). The Morgan fingerprint density at radius 2 is 2.07 bits per heavy atom. The fourth-order valence-corrected chi connectivity index (χ4v) is 2.81. The molecule has 14 heavy (non-hydrogen) atoms. The van der Waals surface area contributed by atoms with Crippen LogP contribution < -0.4 is 4.74 Å². The Labute approximate surface area is 96.2 Å². The molecule has 0 saturated carbocycles. The third-order valence-electron chi connectivity index (χ3n) is 1.84. The van der Waals surface area contributed by atoms with Gasteiger partial charge in [-0.1, -0.05) is 23.2 Å². The highest BCUT2D eigenvalue weighted by Crippen LogP contribution is 2.36. The Morgan fingerprint density at radius 3 is 2.79 bits per heavy atom. The predicted octanol–water partition coefficient (Wildman–Crippen LogP) is 4.61. The van der Waals surface area contributed by atoms with Gasteiger partial charge >= 0.3 is 0 Å². The van der Waals surface area contributed by atoms with Crippen molar-refractivity contribution in [3.63, 3.8) is 0 Å². The molecule has 1 heterocycles. The molecule has 0 atom stereocenters. The monoisotopic (exact) mass is 246 g/mol. The van der Waals surface area contributed by atoms with Gasteiger partial charge in [0.05, 0.1) is 16.0 Å². The van der Waals surface area contributed by atoms with Gasteiger partial charge in [0.25, 0.3) is 0 Å². The molecule has 0 saturated heterocycles. The Kier molecular flexibility index (Phi) is 2.86. The maximum Gasteiger partial charge on any atom is 0.122 e. The van der Waals surface area contributed by atoms with Crippen molar-refractivity contribution in [1.29, 1.82) is 0 Å². The molecular weight excluding hydrogens is 239 g/mol. The van der Waals surface area contributed by atoms with Gasteiger partial charge in [-0.2, -0.15) is 0 Å². The third kappa shape index (κ3) is 1.83. The minimum atomic E-state index is 0.640. The zero-order chi connectivity index (χ0) is 10.1. The molecule has 74 valence electrons. The molecule has 0 aliphatic heterocycles. The Bertz CT molecular complexity index is 464. The fraction of sp³-hybridized carbons (Fsp3) is 0.200. The second-order valence-corrected chi connectivity index (χ2v) is 4.92. The second kappa shape index (κ2) is 3.97. The van der Waals surface area contributed by atoms with Crippen LogP contribution in [-0.4, -0.2) is 6.61 Å². The van der Waals surface area contributed by atoms with Crippen LogP contribution in [0.1, 0.15) is 6.92 Å². The molecular formula is C10H8Cl2OS. The topological polar surface area (TPSA) is 9.23 Å². The molecule has 1 aromatic carbocycles. The molecule has 0 amide bonds. The maximum absolute atomic E-state index is 6.08. The van der Waals surface area contributed by atoms with Crippen LogP contribution >= 0.6 is 34.5 Å². The first-order chi connectivity index (χ1) is 6.70. The Balaban J connectivity index is 2.59. The van der Waals surface area contributed by atoms with Gasteiger partial charge in [0, 0.05) is 10.1 Å². The van der Waals surface area contributed by atoms with E-state index in [0.717, 1.165) is 20.2 Å². The van der Waals surface area contributed by atoms with E-state index in [9.17, 15) is 0 Å². The van der Waals surface area contributed by atoms with E-state index in [0.29, 0.717) is 11.6 Å². The zero-order valence-corrected chi connectivity index (χ0v) is 9.84. The largest absolute Gasteiger partial charge is 0.494 e. The van der Waals surface area contributed by atoms with Gasteiger partial charge in [-0.25, -0.2) is 0 Å². The fourth-order valence-electron chi connectivity index (χ4n) is 1.29. The maximum atomic E-state index is 6.08. The van der Waals surface area contributed by atoms with Gasteiger partial charge in [-0.3, -0.25) is 0 Å². The zero-order valence-electron chi connectivity index (χ0n) is 7.51. The number of rotatable bonds is 2. The van der Waals surface area contributed by atoms with E-state index < -0.39 is 0 Å². The van der Waals surface area contributed by atoms with Crippen molar-refractivity contribution in [3.05, 3.63) is 27.6 Å². The van der Waals surface area contributed by atoms with Crippen LogP contribution in [0, 0.1) is 0 Å². The molecule has 0 fully saturated rings. The molecule has 4 heteroatoms. The van der Waals surface area contributed by atoms with E-state index >= 15 is 0 Å². The third-order valence-corrected chi connectivity index (χ3v) is 3.37. The van der Waals surface area contributed by atoms with Crippen molar-refractivity contribution in [2.24, 2.45) is 0 Å². The summed E-state index contributed by atoms with van der Waals surface area (Å²) >= 11 is 13.5. The summed E-state index contributed by atoms with van der Waals surface area (Å²) in [5, 5.41) is 1.68. The summed E-state index contributed by atoms with van der Waals surface area (Å²) in [7, 11) is 0. The van der Waals surface area contributed by atoms with E-state index in [4.69, 9.17) is 27.9 Å². The summed E-state index contributed by atoms with van der Waals surface area (Å²) in [5.41, 5.74) is 0. The van der Waals surface area contributed by atoms with Gasteiger partial charge in [-0.05, 0) is 25.1 Å². The Hall–Kier alpha value is -0.440. The number of benzene rings is 1. The van der Waals surface area contributed by atoms with Crippen molar-refractivity contribution in [3.8, 4) is 5.75 Å². The van der Waals surface area contributed by atoms with Crippen LogP contribution in [0.4, 0.5) is 0 Å². The summed E-state index contributed by atoms with van der Waals surface area (Å²) in [6, 6.07) is 5.65. The van der Waals surface area contributed by atoms with Crippen molar-refractivity contribution in [1.82, 2.24) is 0 Å².